The van der Waals surface area contributed by atoms with E-state index >= 15 is 0 Å². The maximum absolute atomic E-state index is 9.20. The zero-order chi connectivity index (χ0) is 14.9. The van der Waals surface area contributed by atoms with Gasteiger partial charge in [0.25, 0.3) is 0 Å². The molecule has 0 amide bonds. The molecule has 0 saturated heterocycles. The molecule has 0 saturated carbocycles. The second-order valence-electron chi connectivity index (χ2n) is 6.22. The number of rotatable bonds is 16. The van der Waals surface area contributed by atoms with E-state index in [0.717, 1.165) is 12.8 Å². The molecule has 0 aliphatic heterocycles. The van der Waals surface area contributed by atoms with Gasteiger partial charge in [-0.3, -0.25) is 0 Å². The molecule has 20 heavy (non-hydrogen) atoms. The lowest BCUT2D eigenvalue weighted by molar-refractivity contribution is 0.0860. The zero-order valence-electron chi connectivity index (χ0n) is 13.8. The van der Waals surface area contributed by atoms with Crippen molar-refractivity contribution in [1.82, 2.24) is 0 Å². The fourth-order valence-electron chi connectivity index (χ4n) is 2.67. The molecule has 2 N–H and O–H groups in total. The summed E-state index contributed by atoms with van der Waals surface area (Å²) < 4.78 is 0. The highest BCUT2D eigenvalue weighted by Crippen LogP contribution is 2.13. The predicted molar refractivity (Wildman–Crippen MR) is 88.0 cm³/mol. The van der Waals surface area contributed by atoms with E-state index in [1.807, 2.05) is 0 Å². The monoisotopic (exact) mass is 286 g/mol. The Morgan fingerprint density at radius 2 is 0.950 bits per heavy atom. The van der Waals surface area contributed by atoms with Gasteiger partial charge in [0.1, 0.15) is 0 Å². The predicted octanol–water partition coefficient (Wildman–Crippen LogP) is 5.21. The normalized spacial score (nSPS) is 12.8. The van der Waals surface area contributed by atoms with Crippen LogP contribution >= 0.6 is 0 Å². The van der Waals surface area contributed by atoms with Gasteiger partial charge >= 0.3 is 0 Å². The Bertz CT molecular complexity index is 171. The standard InChI is InChI=1S/C18H38O2/c1-2-3-4-5-6-7-8-9-10-11-12-13-14-15-16-18(20)17-19/h18-20H,2-17H2,1H3/t18-/m1/s1. The highest BCUT2D eigenvalue weighted by Gasteiger charge is 2.00. The molecule has 0 heterocycles. The first kappa shape index (κ1) is 19.9. The summed E-state index contributed by atoms with van der Waals surface area (Å²) in [5.74, 6) is 0. The lowest BCUT2D eigenvalue weighted by Gasteiger charge is -2.06. The molecule has 1 atom stereocenters. The van der Waals surface area contributed by atoms with Gasteiger partial charge in [0.05, 0.1) is 12.7 Å². The summed E-state index contributed by atoms with van der Waals surface area (Å²) in [4.78, 5) is 0. The van der Waals surface area contributed by atoms with Crippen molar-refractivity contribution in [2.45, 2.75) is 109 Å². The van der Waals surface area contributed by atoms with Crippen LogP contribution in [0.1, 0.15) is 103 Å². The molecule has 0 bridgehead atoms. The Labute approximate surface area is 127 Å². The van der Waals surface area contributed by atoms with Gasteiger partial charge in [0.2, 0.25) is 0 Å². The third-order valence-electron chi connectivity index (χ3n) is 4.10. The molecule has 0 rings (SSSR count). The molecule has 0 aliphatic rings. The first-order valence-corrected chi connectivity index (χ1v) is 9.10. The fourth-order valence-corrected chi connectivity index (χ4v) is 2.67. The van der Waals surface area contributed by atoms with E-state index < -0.39 is 6.10 Å². The van der Waals surface area contributed by atoms with Crippen molar-refractivity contribution in [2.75, 3.05) is 6.61 Å². The fraction of sp³-hybridized carbons (Fsp3) is 1.00. The lowest BCUT2D eigenvalue weighted by Crippen LogP contribution is -2.10. The van der Waals surface area contributed by atoms with Crippen LogP contribution in [0.15, 0.2) is 0 Å². The molecular formula is C18H38O2. The molecule has 122 valence electrons. The van der Waals surface area contributed by atoms with Gasteiger partial charge in [-0.2, -0.15) is 0 Å². The van der Waals surface area contributed by atoms with Crippen LogP contribution in [0, 0.1) is 0 Å². The summed E-state index contributed by atoms with van der Waals surface area (Å²) in [5, 5.41) is 17.9. The first-order valence-electron chi connectivity index (χ1n) is 9.10. The van der Waals surface area contributed by atoms with Crippen molar-refractivity contribution in [3.8, 4) is 0 Å². The molecule has 0 aliphatic carbocycles. The lowest BCUT2D eigenvalue weighted by atomic mass is 10.0. The number of unbranched alkanes of at least 4 members (excludes halogenated alkanes) is 13. The summed E-state index contributed by atoms with van der Waals surface area (Å²) >= 11 is 0. The summed E-state index contributed by atoms with van der Waals surface area (Å²) in [7, 11) is 0. The van der Waals surface area contributed by atoms with Gasteiger partial charge in [-0.15, -0.1) is 0 Å². The smallest absolute Gasteiger partial charge is 0.0770 e. The molecular weight excluding hydrogens is 248 g/mol. The van der Waals surface area contributed by atoms with Crippen molar-refractivity contribution in [3.05, 3.63) is 0 Å². The van der Waals surface area contributed by atoms with Crippen LogP contribution in [0.5, 0.6) is 0 Å². The van der Waals surface area contributed by atoms with Crippen LogP contribution in [-0.2, 0) is 0 Å². The maximum atomic E-state index is 9.20. The molecule has 0 fully saturated rings. The molecule has 2 nitrogen and oxygen atoms in total. The van der Waals surface area contributed by atoms with Gasteiger partial charge in [-0.25, -0.2) is 0 Å². The van der Waals surface area contributed by atoms with Crippen LogP contribution in [0.2, 0.25) is 0 Å². The highest BCUT2D eigenvalue weighted by molar-refractivity contribution is 4.54. The second kappa shape index (κ2) is 17.0. The van der Waals surface area contributed by atoms with Crippen LogP contribution in [-0.4, -0.2) is 22.9 Å². The Morgan fingerprint density at radius 3 is 1.30 bits per heavy atom. The van der Waals surface area contributed by atoms with Gasteiger partial charge in [0.15, 0.2) is 0 Å². The van der Waals surface area contributed by atoms with Crippen LogP contribution in [0.25, 0.3) is 0 Å². The Balaban J connectivity index is 2.96. The number of aliphatic hydroxyl groups is 2. The minimum Gasteiger partial charge on any atom is -0.394 e. The third-order valence-corrected chi connectivity index (χ3v) is 4.10. The summed E-state index contributed by atoms with van der Waals surface area (Å²) in [5.41, 5.74) is 0. The van der Waals surface area contributed by atoms with Crippen molar-refractivity contribution in [1.29, 1.82) is 0 Å². The average Bonchev–Trinajstić information content (AvgIpc) is 2.47. The third kappa shape index (κ3) is 16.0. The number of hydrogen-bond donors (Lipinski definition) is 2. The molecule has 0 aromatic heterocycles. The second-order valence-corrected chi connectivity index (χ2v) is 6.22. The quantitative estimate of drug-likeness (QED) is 0.382. The van der Waals surface area contributed by atoms with Crippen LogP contribution in [0.3, 0.4) is 0 Å². The highest BCUT2D eigenvalue weighted by atomic mass is 16.3. The first-order chi connectivity index (χ1) is 9.81. The minimum atomic E-state index is -0.493. The SMILES string of the molecule is CCCCCCCCCCCCCCCC[C@@H](O)CO. The van der Waals surface area contributed by atoms with E-state index in [1.54, 1.807) is 0 Å². The summed E-state index contributed by atoms with van der Waals surface area (Å²) in [6.45, 7) is 2.19. The van der Waals surface area contributed by atoms with E-state index in [4.69, 9.17) is 5.11 Å². The average molecular weight is 286 g/mol. The Kier molecular flexibility index (Phi) is 16.9. The van der Waals surface area contributed by atoms with E-state index in [1.165, 1.54) is 83.5 Å². The summed E-state index contributed by atoms with van der Waals surface area (Å²) in [6, 6.07) is 0. The maximum Gasteiger partial charge on any atom is 0.0770 e. The van der Waals surface area contributed by atoms with Crippen molar-refractivity contribution < 1.29 is 10.2 Å². The Morgan fingerprint density at radius 1 is 0.600 bits per heavy atom. The molecule has 0 aromatic rings. The molecule has 0 unspecified atom stereocenters. The van der Waals surface area contributed by atoms with E-state index in [0.29, 0.717) is 0 Å². The van der Waals surface area contributed by atoms with Gasteiger partial charge < -0.3 is 10.2 Å². The number of aliphatic hydroxyl groups excluding tert-OH is 2. The van der Waals surface area contributed by atoms with Gasteiger partial charge in [-0.1, -0.05) is 96.8 Å². The molecule has 2 heteroatoms. The molecule has 0 radical (unpaired) electrons. The van der Waals surface area contributed by atoms with Gasteiger partial charge in [0, 0.05) is 0 Å². The summed E-state index contributed by atoms with van der Waals surface area (Å²) in [6.07, 6.45) is 19.3. The minimum absolute atomic E-state index is 0.0849. The molecule has 0 spiro atoms. The van der Waals surface area contributed by atoms with Gasteiger partial charge in [-0.05, 0) is 6.42 Å². The van der Waals surface area contributed by atoms with Crippen molar-refractivity contribution in [2.24, 2.45) is 0 Å². The van der Waals surface area contributed by atoms with Crippen molar-refractivity contribution >= 4 is 0 Å². The van der Waals surface area contributed by atoms with Crippen LogP contribution in [0.4, 0.5) is 0 Å². The largest absolute Gasteiger partial charge is 0.394 e. The topological polar surface area (TPSA) is 40.5 Å². The van der Waals surface area contributed by atoms with Crippen LogP contribution < -0.4 is 0 Å². The van der Waals surface area contributed by atoms with E-state index in [2.05, 4.69) is 6.92 Å². The Hall–Kier alpha value is -0.0800. The molecule has 0 aromatic carbocycles. The zero-order valence-corrected chi connectivity index (χ0v) is 13.8. The van der Waals surface area contributed by atoms with Crippen molar-refractivity contribution in [3.63, 3.8) is 0 Å². The van der Waals surface area contributed by atoms with E-state index in [9.17, 15) is 5.11 Å². The number of hydrogen-bond acceptors (Lipinski definition) is 2. The van der Waals surface area contributed by atoms with E-state index in [-0.39, 0.29) is 6.61 Å².